The maximum absolute atomic E-state index is 12.6. The zero-order valence-electron chi connectivity index (χ0n) is 11.7. The number of hydrogen-bond donors (Lipinski definition) is 1. The van der Waals surface area contributed by atoms with E-state index in [4.69, 9.17) is 11.6 Å². The molecule has 0 radical (unpaired) electrons. The van der Waals surface area contributed by atoms with Gasteiger partial charge in [-0.2, -0.15) is 0 Å². The van der Waals surface area contributed by atoms with Crippen molar-refractivity contribution in [1.82, 2.24) is 4.90 Å². The summed E-state index contributed by atoms with van der Waals surface area (Å²) in [5.74, 6) is 1.32. The number of halogens is 1. The topological polar surface area (TPSA) is 32.3 Å². The number of anilines is 1. The van der Waals surface area contributed by atoms with Crippen molar-refractivity contribution in [3.05, 3.63) is 28.8 Å². The van der Waals surface area contributed by atoms with Crippen molar-refractivity contribution >= 4 is 23.2 Å². The molecule has 1 unspecified atom stereocenters. The molecule has 1 aliphatic heterocycles. The van der Waals surface area contributed by atoms with Gasteiger partial charge in [0.2, 0.25) is 0 Å². The molecule has 4 heteroatoms. The van der Waals surface area contributed by atoms with Gasteiger partial charge >= 0.3 is 0 Å². The molecule has 0 saturated carbocycles. The van der Waals surface area contributed by atoms with Crippen LogP contribution in [0.2, 0.25) is 5.02 Å². The Morgan fingerprint density at radius 3 is 2.79 bits per heavy atom. The average molecular weight is 281 g/mol. The molecule has 0 bridgehead atoms. The van der Waals surface area contributed by atoms with E-state index in [1.165, 1.54) is 0 Å². The number of nitrogens with zero attached hydrogens (tertiary/aromatic N) is 1. The van der Waals surface area contributed by atoms with E-state index in [1.807, 2.05) is 18.0 Å². The molecule has 3 nitrogen and oxygen atoms in total. The second-order valence-electron chi connectivity index (χ2n) is 5.48. The monoisotopic (exact) mass is 280 g/mol. The quantitative estimate of drug-likeness (QED) is 0.919. The first kappa shape index (κ1) is 14.2. The molecule has 0 aliphatic carbocycles. The molecule has 104 valence electrons. The van der Waals surface area contributed by atoms with Crippen LogP contribution in [0.25, 0.3) is 0 Å². The summed E-state index contributed by atoms with van der Waals surface area (Å²) in [5.41, 5.74) is 1.50. The molecule has 0 spiro atoms. The predicted molar refractivity (Wildman–Crippen MR) is 79.8 cm³/mol. The summed E-state index contributed by atoms with van der Waals surface area (Å²) in [6.07, 6.45) is 1.10. The molecule has 1 amide bonds. The molecule has 1 aliphatic rings. The van der Waals surface area contributed by atoms with E-state index >= 15 is 0 Å². The number of rotatable bonds is 3. The first-order chi connectivity index (χ1) is 9.02. The highest BCUT2D eigenvalue weighted by Gasteiger charge is 2.29. The van der Waals surface area contributed by atoms with E-state index < -0.39 is 0 Å². The Morgan fingerprint density at radius 2 is 2.21 bits per heavy atom. The Balaban J connectivity index is 2.19. The third-order valence-corrected chi connectivity index (χ3v) is 4.17. The van der Waals surface area contributed by atoms with Gasteiger partial charge in [-0.25, -0.2) is 0 Å². The van der Waals surface area contributed by atoms with Gasteiger partial charge in [-0.15, -0.1) is 0 Å². The minimum absolute atomic E-state index is 0.0787. The SMILES string of the molecule is CNc1ccc(Cl)cc1C(=O)N1CCC(C(C)C)C1. The van der Waals surface area contributed by atoms with Crippen LogP contribution in [-0.2, 0) is 0 Å². The average Bonchev–Trinajstić information content (AvgIpc) is 2.87. The molecule has 1 N–H and O–H groups in total. The highest BCUT2D eigenvalue weighted by Crippen LogP contribution is 2.27. The largest absolute Gasteiger partial charge is 0.387 e. The van der Waals surface area contributed by atoms with Gasteiger partial charge in [0.05, 0.1) is 5.56 Å². The number of nitrogens with one attached hydrogen (secondary N) is 1. The number of carbonyl (C=O) groups is 1. The van der Waals surface area contributed by atoms with Gasteiger partial charge in [-0.3, -0.25) is 4.79 Å². The van der Waals surface area contributed by atoms with Gasteiger partial charge in [-0.1, -0.05) is 25.4 Å². The molecule has 1 atom stereocenters. The van der Waals surface area contributed by atoms with Crippen LogP contribution in [0, 0.1) is 11.8 Å². The summed E-state index contributed by atoms with van der Waals surface area (Å²) in [6.45, 7) is 6.14. The van der Waals surface area contributed by atoms with Gasteiger partial charge in [-0.05, 0) is 36.5 Å². The summed E-state index contributed by atoms with van der Waals surface area (Å²) in [7, 11) is 1.82. The normalized spacial score (nSPS) is 19.0. The fourth-order valence-electron chi connectivity index (χ4n) is 2.60. The minimum atomic E-state index is 0.0787. The van der Waals surface area contributed by atoms with Crippen LogP contribution in [-0.4, -0.2) is 30.9 Å². The van der Waals surface area contributed by atoms with E-state index in [2.05, 4.69) is 19.2 Å². The number of benzene rings is 1. The predicted octanol–water partition coefficient (Wildman–Crippen LogP) is 3.50. The fourth-order valence-corrected chi connectivity index (χ4v) is 2.77. The Hall–Kier alpha value is -1.22. The minimum Gasteiger partial charge on any atom is -0.387 e. The maximum Gasteiger partial charge on any atom is 0.256 e. The Labute approximate surface area is 119 Å². The highest BCUT2D eigenvalue weighted by atomic mass is 35.5. The third kappa shape index (κ3) is 3.03. The number of likely N-dealkylation sites (tertiary alicyclic amines) is 1. The van der Waals surface area contributed by atoms with Crippen molar-refractivity contribution in [2.24, 2.45) is 11.8 Å². The lowest BCUT2D eigenvalue weighted by Crippen LogP contribution is -2.29. The summed E-state index contributed by atoms with van der Waals surface area (Å²) in [5, 5.41) is 3.65. The summed E-state index contributed by atoms with van der Waals surface area (Å²) in [4.78, 5) is 14.5. The van der Waals surface area contributed by atoms with Crippen LogP contribution >= 0.6 is 11.6 Å². The van der Waals surface area contributed by atoms with Crippen LogP contribution in [0.4, 0.5) is 5.69 Å². The molecular formula is C15H21ClN2O. The molecule has 1 aromatic rings. The molecule has 1 fully saturated rings. The third-order valence-electron chi connectivity index (χ3n) is 3.94. The van der Waals surface area contributed by atoms with Gasteiger partial charge < -0.3 is 10.2 Å². The summed E-state index contributed by atoms with van der Waals surface area (Å²) >= 11 is 6.01. The lowest BCUT2D eigenvalue weighted by atomic mass is 9.95. The van der Waals surface area contributed by atoms with Gasteiger partial charge in [0.15, 0.2) is 0 Å². The lowest BCUT2D eigenvalue weighted by Gasteiger charge is -2.20. The van der Waals surface area contributed by atoms with E-state index in [0.29, 0.717) is 22.4 Å². The Morgan fingerprint density at radius 1 is 1.47 bits per heavy atom. The Kier molecular flexibility index (Phi) is 4.35. The summed E-state index contributed by atoms with van der Waals surface area (Å²) in [6, 6.07) is 5.40. The van der Waals surface area contributed by atoms with Crippen LogP contribution in [0.3, 0.4) is 0 Å². The molecule has 1 aromatic carbocycles. The standard InChI is InChI=1S/C15H21ClN2O/c1-10(2)11-6-7-18(9-11)15(19)13-8-12(16)4-5-14(13)17-3/h4-5,8,10-11,17H,6-7,9H2,1-3H3. The van der Waals surface area contributed by atoms with E-state index in [-0.39, 0.29) is 5.91 Å². The van der Waals surface area contributed by atoms with Crippen LogP contribution in [0.15, 0.2) is 18.2 Å². The second kappa shape index (κ2) is 5.83. The van der Waals surface area contributed by atoms with Crippen molar-refractivity contribution in [2.45, 2.75) is 20.3 Å². The lowest BCUT2D eigenvalue weighted by molar-refractivity contribution is 0.0785. The second-order valence-corrected chi connectivity index (χ2v) is 5.92. The summed E-state index contributed by atoms with van der Waals surface area (Å²) < 4.78 is 0. The van der Waals surface area contributed by atoms with Crippen molar-refractivity contribution in [3.8, 4) is 0 Å². The molecule has 1 heterocycles. The van der Waals surface area contributed by atoms with Gasteiger partial charge in [0.25, 0.3) is 5.91 Å². The van der Waals surface area contributed by atoms with E-state index in [1.54, 1.807) is 12.1 Å². The van der Waals surface area contributed by atoms with Gasteiger partial charge in [0.1, 0.15) is 0 Å². The zero-order chi connectivity index (χ0) is 14.0. The van der Waals surface area contributed by atoms with Crippen LogP contribution in [0.5, 0.6) is 0 Å². The van der Waals surface area contributed by atoms with Crippen molar-refractivity contribution < 1.29 is 4.79 Å². The van der Waals surface area contributed by atoms with E-state index in [9.17, 15) is 4.79 Å². The van der Waals surface area contributed by atoms with Gasteiger partial charge in [0, 0.05) is 30.8 Å². The smallest absolute Gasteiger partial charge is 0.256 e. The van der Waals surface area contributed by atoms with Crippen LogP contribution in [0.1, 0.15) is 30.6 Å². The number of hydrogen-bond acceptors (Lipinski definition) is 2. The van der Waals surface area contributed by atoms with Crippen molar-refractivity contribution in [3.63, 3.8) is 0 Å². The van der Waals surface area contributed by atoms with Crippen LogP contribution < -0.4 is 5.32 Å². The van der Waals surface area contributed by atoms with E-state index in [0.717, 1.165) is 25.2 Å². The first-order valence-corrected chi connectivity index (χ1v) is 7.17. The fraction of sp³-hybridized carbons (Fsp3) is 0.533. The molecular weight excluding hydrogens is 260 g/mol. The first-order valence-electron chi connectivity index (χ1n) is 6.79. The molecule has 19 heavy (non-hydrogen) atoms. The highest BCUT2D eigenvalue weighted by molar-refractivity contribution is 6.31. The number of amides is 1. The van der Waals surface area contributed by atoms with Crippen molar-refractivity contribution in [2.75, 3.05) is 25.5 Å². The Bertz CT molecular complexity index is 473. The van der Waals surface area contributed by atoms with Crippen molar-refractivity contribution in [1.29, 1.82) is 0 Å². The zero-order valence-corrected chi connectivity index (χ0v) is 12.5. The maximum atomic E-state index is 12.6. The molecule has 1 saturated heterocycles. The molecule has 0 aromatic heterocycles. The number of carbonyl (C=O) groups excluding carboxylic acids is 1. The molecule has 2 rings (SSSR count).